The molecule has 0 bridgehead atoms. The SMILES string of the molecule is C[C@@H](NCC#CC(C)(C)C)[C@H](O)c1ccccc1. The first-order valence-electron chi connectivity index (χ1n) is 6.36. The Kier molecular flexibility index (Phi) is 5.40. The standard InChI is InChI=1S/C16H23NO/c1-13(17-12-8-11-16(2,3)4)15(18)14-9-6-5-7-10-14/h5-7,9-10,13,15,17-18H,12H2,1-4H3/t13-,15+/m1/s1. The molecule has 18 heavy (non-hydrogen) atoms. The molecule has 0 aromatic heterocycles. The van der Waals surface area contributed by atoms with Gasteiger partial charge in [-0.15, -0.1) is 0 Å². The first-order valence-corrected chi connectivity index (χ1v) is 6.36. The fourth-order valence-corrected chi connectivity index (χ4v) is 1.57. The molecule has 2 nitrogen and oxygen atoms in total. The number of aliphatic hydroxyl groups excluding tert-OH is 1. The Balaban J connectivity index is 2.46. The number of rotatable bonds is 4. The molecular formula is C16H23NO. The third kappa shape index (κ3) is 5.35. The number of aliphatic hydroxyl groups is 1. The maximum absolute atomic E-state index is 10.1. The molecule has 0 aliphatic rings. The van der Waals surface area contributed by atoms with Crippen LogP contribution in [0.2, 0.25) is 0 Å². The molecule has 0 unspecified atom stereocenters. The number of hydrogen-bond acceptors (Lipinski definition) is 2. The van der Waals surface area contributed by atoms with Crippen molar-refractivity contribution in [1.29, 1.82) is 0 Å². The van der Waals surface area contributed by atoms with Crippen LogP contribution in [0, 0.1) is 17.3 Å². The molecule has 0 heterocycles. The van der Waals surface area contributed by atoms with Crippen molar-refractivity contribution in [2.45, 2.75) is 39.8 Å². The van der Waals surface area contributed by atoms with E-state index >= 15 is 0 Å². The van der Waals surface area contributed by atoms with Crippen LogP contribution in [0.3, 0.4) is 0 Å². The fourth-order valence-electron chi connectivity index (χ4n) is 1.57. The fraction of sp³-hybridized carbons (Fsp3) is 0.500. The summed E-state index contributed by atoms with van der Waals surface area (Å²) in [6.07, 6.45) is -0.498. The van der Waals surface area contributed by atoms with E-state index in [2.05, 4.69) is 37.9 Å². The lowest BCUT2D eigenvalue weighted by Crippen LogP contribution is -2.32. The summed E-state index contributed by atoms with van der Waals surface area (Å²) < 4.78 is 0. The highest BCUT2D eigenvalue weighted by atomic mass is 16.3. The van der Waals surface area contributed by atoms with Crippen molar-refractivity contribution in [3.63, 3.8) is 0 Å². The van der Waals surface area contributed by atoms with Crippen LogP contribution in [-0.4, -0.2) is 17.7 Å². The van der Waals surface area contributed by atoms with Crippen molar-refractivity contribution in [3.05, 3.63) is 35.9 Å². The van der Waals surface area contributed by atoms with Gasteiger partial charge in [-0.05, 0) is 33.3 Å². The first kappa shape index (κ1) is 14.8. The van der Waals surface area contributed by atoms with Crippen LogP contribution >= 0.6 is 0 Å². The summed E-state index contributed by atoms with van der Waals surface area (Å²) in [6.45, 7) is 8.82. The topological polar surface area (TPSA) is 32.3 Å². The maximum atomic E-state index is 10.1. The molecule has 1 aromatic carbocycles. The monoisotopic (exact) mass is 245 g/mol. The summed E-state index contributed by atoms with van der Waals surface area (Å²) in [5.74, 6) is 6.25. The molecule has 0 amide bonds. The Hall–Kier alpha value is -1.30. The zero-order chi connectivity index (χ0) is 13.6. The Labute approximate surface area is 110 Å². The average molecular weight is 245 g/mol. The van der Waals surface area contributed by atoms with Crippen molar-refractivity contribution in [1.82, 2.24) is 5.32 Å². The Morgan fingerprint density at radius 3 is 2.39 bits per heavy atom. The predicted molar refractivity (Wildman–Crippen MR) is 76.1 cm³/mol. The number of hydrogen-bond donors (Lipinski definition) is 2. The normalized spacial score (nSPS) is 14.5. The first-order chi connectivity index (χ1) is 8.40. The van der Waals surface area contributed by atoms with Crippen molar-refractivity contribution in [2.75, 3.05) is 6.54 Å². The number of nitrogens with one attached hydrogen (secondary N) is 1. The molecule has 0 spiro atoms. The third-order valence-corrected chi connectivity index (χ3v) is 2.59. The minimum absolute atomic E-state index is 0.0123. The van der Waals surface area contributed by atoms with Gasteiger partial charge in [-0.1, -0.05) is 42.2 Å². The molecule has 0 saturated carbocycles. The molecule has 1 rings (SSSR count). The van der Waals surface area contributed by atoms with Crippen LogP contribution in [-0.2, 0) is 0 Å². The summed E-state index contributed by atoms with van der Waals surface area (Å²) in [7, 11) is 0. The van der Waals surface area contributed by atoms with Crippen LogP contribution in [0.5, 0.6) is 0 Å². The molecule has 98 valence electrons. The molecule has 0 radical (unpaired) electrons. The lowest BCUT2D eigenvalue weighted by atomic mass is 9.98. The highest BCUT2D eigenvalue weighted by molar-refractivity contribution is 5.18. The Morgan fingerprint density at radius 1 is 1.22 bits per heavy atom. The van der Waals surface area contributed by atoms with E-state index in [4.69, 9.17) is 0 Å². The molecule has 2 heteroatoms. The van der Waals surface area contributed by atoms with Gasteiger partial charge in [0.05, 0.1) is 12.6 Å². The van der Waals surface area contributed by atoms with Crippen LogP contribution in [0.1, 0.15) is 39.4 Å². The van der Waals surface area contributed by atoms with E-state index in [1.54, 1.807) is 0 Å². The lowest BCUT2D eigenvalue weighted by Gasteiger charge is -2.19. The van der Waals surface area contributed by atoms with Gasteiger partial charge in [0.25, 0.3) is 0 Å². The van der Waals surface area contributed by atoms with E-state index in [1.807, 2.05) is 37.3 Å². The highest BCUT2D eigenvalue weighted by Gasteiger charge is 2.14. The van der Waals surface area contributed by atoms with Crippen LogP contribution in [0.15, 0.2) is 30.3 Å². The van der Waals surface area contributed by atoms with Gasteiger partial charge in [0.15, 0.2) is 0 Å². The van der Waals surface area contributed by atoms with Gasteiger partial charge in [0, 0.05) is 11.5 Å². The Morgan fingerprint density at radius 2 is 1.83 bits per heavy atom. The maximum Gasteiger partial charge on any atom is 0.0940 e. The molecule has 2 atom stereocenters. The van der Waals surface area contributed by atoms with E-state index in [-0.39, 0.29) is 11.5 Å². The van der Waals surface area contributed by atoms with Crippen LogP contribution in [0.4, 0.5) is 0 Å². The van der Waals surface area contributed by atoms with Gasteiger partial charge < -0.3 is 10.4 Å². The largest absolute Gasteiger partial charge is 0.387 e. The van der Waals surface area contributed by atoms with Gasteiger partial charge in [0.2, 0.25) is 0 Å². The van der Waals surface area contributed by atoms with E-state index in [9.17, 15) is 5.11 Å². The summed E-state index contributed by atoms with van der Waals surface area (Å²) in [6, 6.07) is 9.67. The minimum Gasteiger partial charge on any atom is -0.387 e. The Bertz CT molecular complexity index is 408. The molecular weight excluding hydrogens is 222 g/mol. The zero-order valence-corrected chi connectivity index (χ0v) is 11.7. The van der Waals surface area contributed by atoms with Crippen LogP contribution < -0.4 is 5.32 Å². The van der Waals surface area contributed by atoms with Crippen LogP contribution in [0.25, 0.3) is 0 Å². The molecule has 1 aromatic rings. The van der Waals surface area contributed by atoms with Gasteiger partial charge in [-0.25, -0.2) is 0 Å². The smallest absolute Gasteiger partial charge is 0.0940 e. The quantitative estimate of drug-likeness (QED) is 0.799. The molecule has 0 aliphatic heterocycles. The van der Waals surface area contributed by atoms with E-state index < -0.39 is 6.10 Å². The van der Waals surface area contributed by atoms with E-state index in [0.717, 1.165) is 5.56 Å². The second kappa shape index (κ2) is 6.58. The molecule has 2 N–H and O–H groups in total. The second-order valence-electron chi connectivity index (χ2n) is 5.58. The van der Waals surface area contributed by atoms with Crippen molar-refractivity contribution in [3.8, 4) is 11.8 Å². The molecule has 0 fully saturated rings. The second-order valence-corrected chi connectivity index (χ2v) is 5.58. The van der Waals surface area contributed by atoms with Gasteiger partial charge >= 0.3 is 0 Å². The third-order valence-electron chi connectivity index (χ3n) is 2.59. The van der Waals surface area contributed by atoms with Crippen molar-refractivity contribution in [2.24, 2.45) is 5.41 Å². The van der Waals surface area contributed by atoms with E-state index in [1.165, 1.54) is 0 Å². The predicted octanol–water partition coefficient (Wildman–Crippen LogP) is 2.75. The van der Waals surface area contributed by atoms with Gasteiger partial charge in [-0.2, -0.15) is 0 Å². The highest BCUT2D eigenvalue weighted by Crippen LogP contribution is 2.15. The van der Waals surface area contributed by atoms with E-state index in [0.29, 0.717) is 6.54 Å². The summed E-state index contributed by atoms with van der Waals surface area (Å²) in [5, 5.41) is 13.4. The van der Waals surface area contributed by atoms with Gasteiger partial charge in [-0.3, -0.25) is 0 Å². The van der Waals surface area contributed by atoms with Crippen molar-refractivity contribution < 1.29 is 5.11 Å². The minimum atomic E-state index is -0.498. The number of benzene rings is 1. The van der Waals surface area contributed by atoms with Gasteiger partial charge in [0.1, 0.15) is 0 Å². The zero-order valence-electron chi connectivity index (χ0n) is 11.7. The molecule has 0 aliphatic carbocycles. The summed E-state index contributed by atoms with van der Waals surface area (Å²) in [4.78, 5) is 0. The summed E-state index contributed by atoms with van der Waals surface area (Å²) >= 11 is 0. The van der Waals surface area contributed by atoms with Crippen molar-refractivity contribution >= 4 is 0 Å². The average Bonchev–Trinajstić information content (AvgIpc) is 2.33. The summed E-state index contributed by atoms with van der Waals surface area (Å²) in [5.41, 5.74) is 0.962. The lowest BCUT2D eigenvalue weighted by molar-refractivity contribution is 0.138. The molecule has 0 saturated heterocycles.